The fourth-order valence-corrected chi connectivity index (χ4v) is 3.02. The third-order valence-corrected chi connectivity index (χ3v) is 4.79. The van der Waals surface area contributed by atoms with Gasteiger partial charge in [-0.3, -0.25) is 4.79 Å². The van der Waals surface area contributed by atoms with E-state index in [0.29, 0.717) is 6.54 Å². The Bertz CT molecular complexity index is 895. The minimum Gasteiger partial charge on any atom is -0.287 e. The van der Waals surface area contributed by atoms with Gasteiger partial charge in [0.2, 0.25) is 17.8 Å². The summed E-state index contributed by atoms with van der Waals surface area (Å²) in [4.78, 5) is 12.7. The fourth-order valence-electron chi connectivity index (χ4n) is 3.02. The van der Waals surface area contributed by atoms with Crippen molar-refractivity contribution in [1.29, 1.82) is 0 Å². The van der Waals surface area contributed by atoms with E-state index in [9.17, 15) is 4.79 Å². The average molecular weight is 304 g/mol. The van der Waals surface area contributed by atoms with Crippen molar-refractivity contribution in [2.75, 3.05) is 0 Å². The number of carbonyl (C=O) groups excluding carboxylic acids is 1. The highest BCUT2D eigenvalue weighted by atomic mass is 16.1. The van der Waals surface area contributed by atoms with Gasteiger partial charge in [0, 0.05) is 29.5 Å². The zero-order chi connectivity index (χ0) is 16.6. The second-order valence-electron chi connectivity index (χ2n) is 6.23. The molecule has 0 aliphatic carbocycles. The van der Waals surface area contributed by atoms with Crippen molar-refractivity contribution in [1.82, 2.24) is 0 Å². The van der Waals surface area contributed by atoms with Gasteiger partial charge in [-0.15, -0.1) is 0 Å². The summed E-state index contributed by atoms with van der Waals surface area (Å²) in [5.41, 5.74) is 6.81. The van der Waals surface area contributed by atoms with Crippen molar-refractivity contribution in [3.05, 3.63) is 76.5 Å². The Balaban J connectivity index is 2.15. The van der Waals surface area contributed by atoms with Crippen LogP contribution in [0.15, 0.2) is 48.5 Å². The van der Waals surface area contributed by atoms with Crippen molar-refractivity contribution < 1.29 is 9.36 Å². The topological polar surface area (TPSA) is 20.9 Å². The Morgan fingerprint density at radius 3 is 2.30 bits per heavy atom. The van der Waals surface area contributed by atoms with Gasteiger partial charge in [-0.05, 0) is 38.0 Å². The summed E-state index contributed by atoms with van der Waals surface area (Å²) >= 11 is 0. The van der Waals surface area contributed by atoms with E-state index in [4.69, 9.17) is 0 Å². The van der Waals surface area contributed by atoms with Crippen molar-refractivity contribution in [3.63, 3.8) is 0 Å². The van der Waals surface area contributed by atoms with Gasteiger partial charge < -0.3 is 0 Å². The summed E-state index contributed by atoms with van der Waals surface area (Å²) in [6, 6.07) is 16.0. The molecule has 0 atom stereocenters. The van der Waals surface area contributed by atoms with E-state index in [1.807, 2.05) is 30.3 Å². The molecule has 0 spiro atoms. The van der Waals surface area contributed by atoms with Gasteiger partial charge >= 0.3 is 0 Å². The molecule has 0 N–H and O–H groups in total. The molecule has 2 nitrogen and oxygen atoms in total. The summed E-state index contributed by atoms with van der Waals surface area (Å²) < 4.78 is 2.15. The summed E-state index contributed by atoms with van der Waals surface area (Å²) in [5.74, 6) is 0.142. The molecule has 0 radical (unpaired) electrons. The lowest BCUT2D eigenvalue weighted by Gasteiger charge is -2.10. The fraction of sp³-hybridized carbons (Fsp3) is 0.238. The lowest BCUT2D eigenvalue weighted by atomic mass is 10.0. The molecule has 3 rings (SSSR count). The molecule has 116 valence electrons. The number of pyridine rings is 1. The number of aromatic nitrogens is 1. The maximum absolute atomic E-state index is 12.7. The summed E-state index contributed by atoms with van der Waals surface area (Å²) in [5, 5.41) is 1.23. The summed E-state index contributed by atoms with van der Waals surface area (Å²) in [6.07, 6.45) is 0. The molecule has 2 aromatic carbocycles. The number of ketones is 1. The molecule has 23 heavy (non-hydrogen) atoms. The van der Waals surface area contributed by atoms with Gasteiger partial charge in [-0.25, -0.2) is 0 Å². The number of benzene rings is 2. The third-order valence-electron chi connectivity index (χ3n) is 4.79. The first-order valence-electron chi connectivity index (χ1n) is 7.97. The summed E-state index contributed by atoms with van der Waals surface area (Å²) in [7, 11) is 0. The normalized spacial score (nSPS) is 11.0. The van der Waals surface area contributed by atoms with Gasteiger partial charge in [0.25, 0.3) is 0 Å². The van der Waals surface area contributed by atoms with E-state index in [1.54, 1.807) is 0 Å². The average Bonchev–Trinajstić information content (AvgIpc) is 2.56. The molecular formula is C21H22NO+. The van der Waals surface area contributed by atoms with Crippen molar-refractivity contribution in [2.24, 2.45) is 0 Å². The van der Waals surface area contributed by atoms with Crippen LogP contribution in [0.1, 0.15) is 32.7 Å². The van der Waals surface area contributed by atoms with Crippen LogP contribution in [-0.4, -0.2) is 5.78 Å². The minimum atomic E-state index is 0.142. The Morgan fingerprint density at radius 2 is 1.61 bits per heavy atom. The van der Waals surface area contributed by atoms with Gasteiger partial charge in [0.1, 0.15) is 0 Å². The molecule has 0 amide bonds. The zero-order valence-electron chi connectivity index (χ0n) is 14.2. The first-order chi connectivity index (χ1) is 11.0. The Hall–Kier alpha value is -2.48. The van der Waals surface area contributed by atoms with Crippen LogP contribution in [0.3, 0.4) is 0 Å². The lowest BCUT2D eigenvalue weighted by molar-refractivity contribution is -0.663. The highest BCUT2D eigenvalue weighted by molar-refractivity contribution is 5.95. The van der Waals surface area contributed by atoms with E-state index in [1.165, 1.54) is 22.1 Å². The number of hydrogen-bond donors (Lipinski definition) is 0. The molecule has 0 fully saturated rings. The van der Waals surface area contributed by atoms with Crippen LogP contribution in [0.25, 0.3) is 10.9 Å². The number of nitrogens with zero attached hydrogens (tertiary/aromatic N) is 1. The number of Topliss-reactive ketones (excluding diaryl/α,β-unsaturated/α-hetero) is 1. The molecule has 1 heterocycles. The predicted molar refractivity (Wildman–Crippen MR) is 93.9 cm³/mol. The van der Waals surface area contributed by atoms with Crippen molar-refractivity contribution in [3.8, 4) is 0 Å². The number of aryl methyl sites for hydroxylation is 3. The van der Waals surface area contributed by atoms with Crippen LogP contribution in [-0.2, 0) is 6.54 Å². The Kier molecular flexibility index (Phi) is 3.99. The molecule has 0 saturated carbocycles. The number of fused-ring (bicyclic) bond motifs is 1. The molecular weight excluding hydrogens is 282 g/mol. The first kappa shape index (κ1) is 15.4. The van der Waals surface area contributed by atoms with Crippen LogP contribution >= 0.6 is 0 Å². The van der Waals surface area contributed by atoms with Crippen LogP contribution in [0.2, 0.25) is 0 Å². The van der Waals surface area contributed by atoms with Crippen molar-refractivity contribution in [2.45, 2.75) is 34.2 Å². The molecule has 3 aromatic rings. The van der Waals surface area contributed by atoms with Gasteiger partial charge in [0.05, 0.1) is 0 Å². The first-order valence-corrected chi connectivity index (χ1v) is 7.97. The van der Waals surface area contributed by atoms with Crippen LogP contribution in [0.4, 0.5) is 0 Å². The molecule has 0 bridgehead atoms. The van der Waals surface area contributed by atoms with E-state index in [2.05, 4.69) is 50.5 Å². The molecule has 0 aliphatic rings. The maximum Gasteiger partial charge on any atom is 0.227 e. The smallest absolute Gasteiger partial charge is 0.227 e. The largest absolute Gasteiger partial charge is 0.287 e. The SMILES string of the molecule is Cc1ccc2c(cc(C)c(C)[n+]2CC(=O)c2ccccc2)c1C. The van der Waals surface area contributed by atoms with E-state index >= 15 is 0 Å². The molecule has 0 unspecified atom stereocenters. The van der Waals surface area contributed by atoms with Crippen LogP contribution in [0, 0.1) is 27.7 Å². The predicted octanol–water partition coefficient (Wildman–Crippen LogP) is 4.24. The van der Waals surface area contributed by atoms with Gasteiger partial charge in [-0.1, -0.05) is 36.4 Å². The number of rotatable bonds is 3. The van der Waals surface area contributed by atoms with Crippen LogP contribution < -0.4 is 4.57 Å². The second kappa shape index (κ2) is 5.96. The Labute approximate surface area is 137 Å². The minimum absolute atomic E-state index is 0.142. The molecule has 0 saturated heterocycles. The zero-order valence-corrected chi connectivity index (χ0v) is 14.2. The molecule has 1 aromatic heterocycles. The van der Waals surface area contributed by atoms with E-state index in [0.717, 1.165) is 16.8 Å². The number of hydrogen-bond acceptors (Lipinski definition) is 1. The highest BCUT2D eigenvalue weighted by Gasteiger charge is 2.21. The maximum atomic E-state index is 12.7. The Morgan fingerprint density at radius 1 is 0.913 bits per heavy atom. The third kappa shape index (κ3) is 2.77. The van der Waals surface area contributed by atoms with E-state index < -0.39 is 0 Å². The van der Waals surface area contributed by atoms with E-state index in [-0.39, 0.29) is 5.78 Å². The summed E-state index contributed by atoms with van der Waals surface area (Å²) in [6.45, 7) is 8.85. The molecule has 2 heteroatoms. The van der Waals surface area contributed by atoms with Crippen molar-refractivity contribution >= 4 is 16.7 Å². The second-order valence-corrected chi connectivity index (χ2v) is 6.23. The molecule has 0 aliphatic heterocycles. The highest BCUT2D eigenvalue weighted by Crippen LogP contribution is 2.21. The van der Waals surface area contributed by atoms with Crippen LogP contribution in [0.5, 0.6) is 0 Å². The number of carbonyl (C=O) groups is 1. The quantitative estimate of drug-likeness (QED) is 0.523. The van der Waals surface area contributed by atoms with Gasteiger partial charge in [0.15, 0.2) is 5.69 Å². The lowest BCUT2D eigenvalue weighted by Crippen LogP contribution is -2.42. The monoisotopic (exact) mass is 304 g/mol. The van der Waals surface area contributed by atoms with Gasteiger partial charge in [-0.2, -0.15) is 4.57 Å². The standard InChI is InChI=1S/C21H22NO/c1-14-10-11-20-19(16(14)3)12-15(2)17(4)22(20)13-21(23)18-8-6-5-7-9-18/h5-12H,13H2,1-4H3/q+1.